The molecule has 0 radical (unpaired) electrons. The minimum Gasteiger partial charge on any atom is -0.461 e. The number of nitrogens with zero attached hydrogens (tertiary/aromatic N) is 3. The van der Waals surface area contributed by atoms with Crippen molar-refractivity contribution in [3.05, 3.63) is 47.0 Å². The quantitative estimate of drug-likeness (QED) is 0.724. The number of fused-ring (bicyclic) bond motifs is 1. The fourth-order valence-electron chi connectivity index (χ4n) is 2.01. The summed E-state index contributed by atoms with van der Waals surface area (Å²) in [6, 6.07) is 3.18. The number of ether oxygens (including phenoxy) is 1. The molecule has 8 heteroatoms. The van der Waals surface area contributed by atoms with Gasteiger partial charge in [0.05, 0.1) is 23.0 Å². The second-order valence-electron chi connectivity index (χ2n) is 4.62. The summed E-state index contributed by atoms with van der Waals surface area (Å²) < 4.78 is 18.8. The lowest BCUT2D eigenvalue weighted by molar-refractivity contribution is 0.0522. The maximum absolute atomic E-state index is 13.1. The zero-order valence-corrected chi connectivity index (χ0v) is 13.1. The van der Waals surface area contributed by atoms with E-state index < -0.39 is 11.8 Å². The molecule has 23 heavy (non-hydrogen) atoms. The summed E-state index contributed by atoms with van der Waals surface area (Å²) in [5, 5.41) is 4.81. The van der Waals surface area contributed by atoms with Crippen LogP contribution in [-0.2, 0) is 11.3 Å². The van der Waals surface area contributed by atoms with Gasteiger partial charge in [-0.25, -0.2) is 19.2 Å². The third-order valence-electron chi connectivity index (χ3n) is 2.98. The summed E-state index contributed by atoms with van der Waals surface area (Å²) in [5.74, 6) is -0.619. The molecule has 0 saturated heterocycles. The lowest BCUT2D eigenvalue weighted by Crippen LogP contribution is -2.11. The van der Waals surface area contributed by atoms with Crippen LogP contribution >= 0.6 is 11.3 Å². The van der Waals surface area contributed by atoms with E-state index in [2.05, 4.69) is 20.3 Å². The van der Waals surface area contributed by atoms with Crippen LogP contribution in [0.25, 0.3) is 10.2 Å². The van der Waals surface area contributed by atoms with Crippen molar-refractivity contribution in [2.45, 2.75) is 13.5 Å². The van der Waals surface area contributed by atoms with Crippen molar-refractivity contribution in [1.29, 1.82) is 0 Å². The predicted molar refractivity (Wildman–Crippen MR) is 84.9 cm³/mol. The Kier molecular flexibility index (Phi) is 4.42. The van der Waals surface area contributed by atoms with E-state index in [1.165, 1.54) is 17.4 Å². The molecule has 3 heterocycles. The summed E-state index contributed by atoms with van der Waals surface area (Å²) >= 11 is 1.38. The molecular weight excluding hydrogens is 319 g/mol. The van der Waals surface area contributed by atoms with Gasteiger partial charge in [0.15, 0.2) is 5.69 Å². The van der Waals surface area contributed by atoms with Gasteiger partial charge in [-0.3, -0.25) is 4.98 Å². The Morgan fingerprint density at radius 1 is 1.39 bits per heavy atom. The first-order valence-electron chi connectivity index (χ1n) is 6.93. The topological polar surface area (TPSA) is 77.0 Å². The molecule has 0 saturated carbocycles. The molecule has 0 aromatic carbocycles. The van der Waals surface area contributed by atoms with Crippen LogP contribution in [0.4, 0.5) is 10.3 Å². The monoisotopic (exact) mass is 332 g/mol. The zero-order valence-electron chi connectivity index (χ0n) is 12.2. The van der Waals surface area contributed by atoms with Gasteiger partial charge < -0.3 is 10.1 Å². The number of thiophene rings is 1. The van der Waals surface area contributed by atoms with Crippen LogP contribution in [0.3, 0.4) is 0 Å². The van der Waals surface area contributed by atoms with Gasteiger partial charge in [0.2, 0.25) is 5.95 Å². The fourth-order valence-corrected chi connectivity index (χ4v) is 2.82. The van der Waals surface area contributed by atoms with Gasteiger partial charge in [-0.2, -0.15) is 0 Å². The Morgan fingerprint density at radius 3 is 3.04 bits per heavy atom. The molecule has 3 rings (SSSR count). The predicted octanol–water partition coefficient (Wildman–Crippen LogP) is 3.01. The molecule has 0 unspecified atom stereocenters. The first-order valence-corrected chi connectivity index (χ1v) is 7.81. The van der Waals surface area contributed by atoms with Gasteiger partial charge >= 0.3 is 5.97 Å². The van der Waals surface area contributed by atoms with Gasteiger partial charge in [0, 0.05) is 12.7 Å². The summed E-state index contributed by atoms with van der Waals surface area (Å²) in [5.41, 5.74) is 1.54. The van der Waals surface area contributed by atoms with Gasteiger partial charge in [-0.05, 0) is 30.0 Å². The minimum absolute atomic E-state index is 0.228. The third kappa shape index (κ3) is 3.42. The highest BCUT2D eigenvalue weighted by molar-refractivity contribution is 7.17. The van der Waals surface area contributed by atoms with Crippen molar-refractivity contribution in [2.75, 3.05) is 11.9 Å². The molecule has 0 atom stereocenters. The summed E-state index contributed by atoms with van der Waals surface area (Å²) in [4.78, 5) is 24.4. The molecule has 1 N–H and O–H groups in total. The van der Waals surface area contributed by atoms with E-state index in [1.54, 1.807) is 19.2 Å². The number of aromatic nitrogens is 3. The Balaban J connectivity index is 1.87. The lowest BCUT2D eigenvalue weighted by Gasteiger charge is -2.07. The van der Waals surface area contributed by atoms with Crippen molar-refractivity contribution in [3.63, 3.8) is 0 Å². The molecule has 0 fully saturated rings. The largest absolute Gasteiger partial charge is 0.461 e. The van der Waals surface area contributed by atoms with Crippen molar-refractivity contribution in [3.8, 4) is 0 Å². The Labute approximate surface area is 135 Å². The fraction of sp³-hybridized carbons (Fsp3) is 0.200. The molecule has 3 aromatic rings. The number of rotatable bonds is 5. The summed E-state index contributed by atoms with van der Waals surface area (Å²) in [6.45, 7) is 2.30. The molecule has 0 spiro atoms. The minimum atomic E-state index is -0.488. The van der Waals surface area contributed by atoms with Crippen LogP contribution < -0.4 is 5.32 Å². The Bertz CT molecular complexity index is 852. The van der Waals surface area contributed by atoms with Gasteiger partial charge in [-0.1, -0.05) is 0 Å². The van der Waals surface area contributed by atoms with Crippen LogP contribution in [0.1, 0.15) is 23.0 Å². The van der Waals surface area contributed by atoms with Crippen molar-refractivity contribution in [2.24, 2.45) is 0 Å². The van der Waals surface area contributed by atoms with Crippen molar-refractivity contribution >= 4 is 33.5 Å². The SMILES string of the molecule is CCOC(=O)c1nc(NCc2cncc(F)c2)nc2ccsc12. The molecule has 0 bridgehead atoms. The lowest BCUT2D eigenvalue weighted by atomic mass is 10.3. The summed E-state index contributed by atoms with van der Waals surface area (Å²) in [6.07, 6.45) is 2.68. The van der Waals surface area contributed by atoms with Crippen molar-refractivity contribution in [1.82, 2.24) is 15.0 Å². The number of hydrogen-bond acceptors (Lipinski definition) is 7. The molecule has 0 aliphatic carbocycles. The molecule has 3 aromatic heterocycles. The molecular formula is C15H13FN4O2S. The molecule has 6 nitrogen and oxygen atoms in total. The van der Waals surface area contributed by atoms with Gasteiger partial charge in [0.25, 0.3) is 0 Å². The number of hydrogen-bond donors (Lipinski definition) is 1. The number of nitrogens with one attached hydrogen (secondary N) is 1. The number of anilines is 1. The second kappa shape index (κ2) is 6.66. The normalized spacial score (nSPS) is 10.7. The van der Waals surface area contributed by atoms with Crippen LogP contribution in [0.15, 0.2) is 29.9 Å². The summed E-state index contributed by atoms with van der Waals surface area (Å²) in [7, 11) is 0. The molecule has 0 amide bonds. The van der Waals surface area contributed by atoms with Crippen LogP contribution in [0.2, 0.25) is 0 Å². The van der Waals surface area contributed by atoms with Gasteiger partial charge in [0.1, 0.15) is 5.82 Å². The van der Waals surface area contributed by atoms with E-state index >= 15 is 0 Å². The number of carbonyl (C=O) groups is 1. The number of pyridine rings is 1. The van der Waals surface area contributed by atoms with Crippen LogP contribution in [0, 0.1) is 5.82 Å². The van der Waals surface area contributed by atoms with E-state index in [4.69, 9.17) is 4.74 Å². The van der Waals surface area contributed by atoms with E-state index in [9.17, 15) is 9.18 Å². The number of esters is 1. The molecule has 0 aliphatic rings. The van der Waals surface area contributed by atoms with Crippen LogP contribution in [-0.4, -0.2) is 27.5 Å². The van der Waals surface area contributed by atoms with Gasteiger partial charge in [-0.15, -0.1) is 11.3 Å². The number of halogens is 1. The third-order valence-corrected chi connectivity index (χ3v) is 3.89. The van der Waals surface area contributed by atoms with E-state index in [-0.39, 0.29) is 18.2 Å². The van der Waals surface area contributed by atoms with E-state index in [0.717, 1.165) is 6.20 Å². The second-order valence-corrected chi connectivity index (χ2v) is 5.53. The zero-order chi connectivity index (χ0) is 16.2. The first kappa shape index (κ1) is 15.3. The maximum Gasteiger partial charge on any atom is 0.358 e. The Morgan fingerprint density at radius 2 is 2.26 bits per heavy atom. The molecule has 118 valence electrons. The highest BCUT2D eigenvalue weighted by atomic mass is 32.1. The highest BCUT2D eigenvalue weighted by Gasteiger charge is 2.17. The van der Waals surface area contributed by atoms with Crippen molar-refractivity contribution < 1.29 is 13.9 Å². The highest BCUT2D eigenvalue weighted by Crippen LogP contribution is 2.24. The average Bonchev–Trinajstić information content (AvgIpc) is 3.01. The standard InChI is InChI=1S/C15H13FN4O2S/c1-2-22-14(21)12-13-11(3-4-23-13)19-15(20-12)18-7-9-5-10(16)8-17-6-9/h3-6,8H,2,7H2,1H3,(H,18,19,20). The smallest absolute Gasteiger partial charge is 0.358 e. The Hall–Kier alpha value is -2.61. The van der Waals surface area contributed by atoms with Crippen LogP contribution in [0.5, 0.6) is 0 Å². The molecule has 0 aliphatic heterocycles. The first-order chi connectivity index (χ1) is 11.2. The van der Waals surface area contributed by atoms with E-state index in [0.29, 0.717) is 22.3 Å². The maximum atomic E-state index is 13.1. The van der Waals surface area contributed by atoms with E-state index in [1.807, 2.05) is 5.38 Å². The number of carbonyl (C=O) groups excluding carboxylic acids is 1. The average molecular weight is 332 g/mol.